The molecule has 2 heterocycles. The van der Waals surface area contributed by atoms with Crippen LogP contribution in [0, 0.1) is 0 Å². The van der Waals surface area contributed by atoms with Crippen molar-refractivity contribution >= 4 is 11.8 Å². The molecule has 0 radical (unpaired) electrons. The molecule has 0 atom stereocenters. The zero-order valence-electron chi connectivity index (χ0n) is 15.8. The minimum absolute atomic E-state index is 0.0433. The Kier molecular flexibility index (Phi) is 6.01. The zero-order chi connectivity index (χ0) is 19.2. The van der Waals surface area contributed by atoms with Gasteiger partial charge in [0, 0.05) is 45.6 Å². The molecular weight excluding hydrogens is 346 g/mol. The van der Waals surface area contributed by atoms with E-state index >= 15 is 0 Å². The minimum atomic E-state index is -0.0870. The van der Waals surface area contributed by atoms with Gasteiger partial charge in [0.05, 0.1) is 13.5 Å². The summed E-state index contributed by atoms with van der Waals surface area (Å²) >= 11 is 0. The van der Waals surface area contributed by atoms with Crippen LogP contribution in [0.15, 0.2) is 42.7 Å². The van der Waals surface area contributed by atoms with E-state index in [9.17, 15) is 9.59 Å². The van der Waals surface area contributed by atoms with Gasteiger partial charge in [0.2, 0.25) is 5.91 Å². The van der Waals surface area contributed by atoms with Gasteiger partial charge in [-0.25, -0.2) is 0 Å². The van der Waals surface area contributed by atoms with E-state index in [4.69, 9.17) is 9.47 Å². The predicted molar refractivity (Wildman–Crippen MR) is 101 cm³/mol. The van der Waals surface area contributed by atoms with Gasteiger partial charge in [-0.2, -0.15) is 0 Å². The standard InChI is InChI=1S/C20H25N3O4/c1-21-8-7-16(14-21)13-19(24)22-9-11-23(12-10-22)20(25)15-27-18-6-4-3-5-17(18)26-2/h3-8,14H,9-13,15H2,1-2H3. The van der Waals surface area contributed by atoms with Crippen molar-refractivity contribution in [3.05, 3.63) is 48.3 Å². The lowest BCUT2D eigenvalue weighted by Crippen LogP contribution is -2.52. The highest BCUT2D eigenvalue weighted by molar-refractivity contribution is 5.80. The van der Waals surface area contributed by atoms with E-state index in [1.807, 2.05) is 47.1 Å². The molecule has 3 rings (SSSR count). The second kappa shape index (κ2) is 8.62. The SMILES string of the molecule is COc1ccccc1OCC(=O)N1CCN(C(=O)Cc2ccn(C)c2)CC1. The summed E-state index contributed by atoms with van der Waals surface area (Å²) in [6, 6.07) is 9.19. The van der Waals surface area contributed by atoms with Gasteiger partial charge in [0.15, 0.2) is 18.1 Å². The third-order valence-corrected chi connectivity index (χ3v) is 4.65. The predicted octanol–water partition coefficient (Wildman–Crippen LogP) is 1.33. The van der Waals surface area contributed by atoms with E-state index in [0.29, 0.717) is 44.1 Å². The van der Waals surface area contributed by atoms with Crippen LogP contribution < -0.4 is 9.47 Å². The Bertz CT molecular complexity index is 794. The summed E-state index contributed by atoms with van der Waals surface area (Å²) in [5.41, 5.74) is 1.01. The first-order valence-electron chi connectivity index (χ1n) is 8.99. The van der Waals surface area contributed by atoms with E-state index < -0.39 is 0 Å². The number of para-hydroxylation sites is 2. The highest BCUT2D eigenvalue weighted by Crippen LogP contribution is 2.25. The first-order chi connectivity index (χ1) is 13.1. The van der Waals surface area contributed by atoms with Crippen LogP contribution in [0.5, 0.6) is 11.5 Å². The molecule has 0 N–H and O–H groups in total. The van der Waals surface area contributed by atoms with Gasteiger partial charge in [-0.15, -0.1) is 0 Å². The first kappa shape index (κ1) is 18.8. The number of carbonyl (C=O) groups is 2. The maximum atomic E-state index is 12.4. The number of amides is 2. The summed E-state index contributed by atoms with van der Waals surface area (Å²) in [7, 11) is 3.50. The van der Waals surface area contributed by atoms with Gasteiger partial charge in [-0.3, -0.25) is 9.59 Å². The molecule has 144 valence electrons. The van der Waals surface area contributed by atoms with E-state index in [0.717, 1.165) is 5.56 Å². The Labute approximate surface area is 159 Å². The van der Waals surface area contributed by atoms with Crippen molar-refractivity contribution in [3.8, 4) is 11.5 Å². The second-order valence-electron chi connectivity index (χ2n) is 6.56. The Morgan fingerprint density at radius 3 is 2.19 bits per heavy atom. The van der Waals surface area contributed by atoms with Gasteiger partial charge >= 0.3 is 0 Å². The number of hydrogen-bond acceptors (Lipinski definition) is 4. The van der Waals surface area contributed by atoms with Crippen molar-refractivity contribution in [2.24, 2.45) is 7.05 Å². The molecule has 0 bridgehead atoms. The van der Waals surface area contributed by atoms with Crippen LogP contribution in [0.3, 0.4) is 0 Å². The lowest BCUT2D eigenvalue weighted by atomic mass is 10.2. The van der Waals surface area contributed by atoms with Gasteiger partial charge in [0.1, 0.15) is 0 Å². The average Bonchev–Trinajstić information content (AvgIpc) is 3.11. The number of aromatic nitrogens is 1. The molecule has 0 aliphatic carbocycles. The van der Waals surface area contributed by atoms with Crippen molar-refractivity contribution < 1.29 is 19.1 Å². The summed E-state index contributed by atoms with van der Waals surface area (Å²) in [6.45, 7) is 2.10. The third-order valence-electron chi connectivity index (χ3n) is 4.65. The van der Waals surface area contributed by atoms with Crippen LogP contribution in [0.25, 0.3) is 0 Å². The fourth-order valence-corrected chi connectivity index (χ4v) is 3.13. The Hall–Kier alpha value is -2.96. The number of ether oxygens (including phenoxy) is 2. The smallest absolute Gasteiger partial charge is 0.260 e. The average molecular weight is 371 g/mol. The number of benzene rings is 1. The van der Waals surface area contributed by atoms with Crippen LogP contribution in [-0.4, -0.2) is 66.1 Å². The van der Waals surface area contributed by atoms with E-state index in [2.05, 4.69) is 0 Å². The highest BCUT2D eigenvalue weighted by Gasteiger charge is 2.24. The second-order valence-corrected chi connectivity index (χ2v) is 6.56. The van der Waals surface area contributed by atoms with Crippen molar-refractivity contribution in [1.29, 1.82) is 0 Å². The van der Waals surface area contributed by atoms with E-state index in [1.54, 1.807) is 24.1 Å². The molecule has 1 aromatic carbocycles. The van der Waals surface area contributed by atoms with Gasteiger partial charge in [-0.05, 0) is 23.8 Å². The highest BCUT2D eigenvalue weighted by atomic mass is 16.5. The monoisotopic (exact) mass is 371 g/mol. The number of hydrogen-bond donors (Lipinski definition) is 0. The van der Waals surface area contributed by atoms with Crippen molar-refractivity contribution in [2.45, 2.75) is 6.42 Å². The van der Waals surface area contributed by atoms with E-state index in [-0.39, 0.29) is 18.4 Å². The summed E-state index contributed by atoms with van der Waals surface area (Å²) in [4.78, 5) is 28.4. The minimum Gasteiger partial charge on any atom is -0.493 e. The summed E-state index contributed by atoms with van der Waals surface area (Å²) in [5.74, 6) is 1.15. The molecule has 1 aliphatic heterocycles. The lowest BCUT2D eigenvalue weighted by molar-refractivity contribution is -0.140. The zero-order valence-corrected chi connectivity index (χ0v) is 15.8. The molecule has 1 aliphatic rings. The summed E-state index contributed by atoms with van der Waals surface area (Å²) < 4.78 is 12.7. The number of piperazine rings is 1. The maximum Gasteiger partial charge on any atom is 0.260 e. The molecule has 27 heavy (non-hydrogen) atoms. The number of nitrogens with zero attached hydrogens (tertiary/aromatic N) is 3. The first-order valence-corrected chi connectivity index (χ1v) is 8.99. The third kappa shape index (κ3) is 4.81. The molecule has 1 aromatic heterocycles. The van der Waals surface area contributed by atoms with Gasteiger partial charge < -0.3 is 23.8 Å². The molecule has 1 fully saturated rings. The van der Waals surface area contributed by atoms with Gasteiger partial charge in [-0.1, -0.05) is 12.1 Å². The van der Waals surface area contributed by atoms with Crippen molar-refractivity contribution in [3.63, 3.8) is 0 Å². The van der Waals surface area contributed by atoms with Crippen LogP contribution in [0.1, 0.15) is 5.56 Å². The molecule has 0 spiro atoms. The molecular formula is C20H25N3O4. The summed E-state index contributed by atoms with van der Waals surface area (Å²) in [5, 5.41) is 0. The number of methoxy groups -OCH3 is 1. The normalized spacial score (nSPS) is 14.1. The molecule has 0 saturated carbocycles. The van der Waals surface area contributed by atoms with E-state index in [1.165, 1.54) is 0 Å². The fourth-order valence-electron chi connectivity index (χ4n) is 3.13. The van der Waals surface area contributed by atoms with Crippen LogP contribution in [0.4, 0.5) is 0 Å². The van der Waals surface area contributed by atoms with Crippen LogP contribution in [-0.2, 0) is 23.1 Å². The molecule has 2 aromatic rings. The maximum absolute atomic E-state index is 12.4. The topological polar surface area (TPSA) is 64.0 Å². The number of rotatable bonds is 6. The van der Waals surface area contributed by atoms with Crippen LogP contribution in [0.2, 0.25) is 0 Å². The molecule has 0 unspecified atom stereocenters. The van der Waals surface area contributed by atoms with Gasteiger partial charge in [0.25, 0.3) is 5.91 Å². The molecule has 1 saturated heterocycles. The molecule has 7 heteroatoms. The number of carbonyl (C=O) groups excluding carboxylic acids is 2. The van der Waals surface area contributed by atoms with Crippen LogP contribution >= 0.6 is 0 Å². The quantitative estimate of drug-likeness (QED) is 0.768. The fraction of sp³-hybridized carbons (Fsp3) is 0.400. The summed E-state index contributed by atoms with van der Waals surface area (Å²) in [6.07, 6.45) is 4.28. The Morgan fingerprint density at radius 2 is 1.59 bits per heavy atom. The Balaban J connectivity index is 1.45. The van der Waals surface area contributed by atoms with Crippen molar-refractivity contribution in [1.82, 2.24) is 14.4 Å². The number of aryl methyl sites for hydroxylation is 1. The Morgan fingerprint density at radius 1 is 0.963 bits per heavy atom. The molecule has 2 amide bonds. The largest absolute Gasteiger partial charge is 0.493 e. The van der Waals surface area contributed by atoms with Crippen molar-refractivity contribution in [2.75, 3.05) is 39.9 Å². The lowest BCUT2D eigenvalue weighted by Gasteiger charge is -2.34. The molecule has 7 nitrogen and oxygen atoms in total.